The van der Waals surface area contributed by atoms with E-state index in [1.54, 1.807) is 17.0 Å². The third-order valence-corrected chi connectivity index (χ3v) is 5.70. The number of halogens is 1. The maximum atomic E-state index is 12.1. The SMILES string of the molecule is CS(=O)(=O)C1CCN(C(=O)C=Cc2ccccc2Cl)CC1. The molecule has 0 N–H and O–H groups in total. The van der Waals surface area contributed by atoms with Gasteiger partial charge < -0.3 is 4.90 Å². The van der Waals surface area contributed by atoms with E-state index in [0.29, 0.717) is 31.0 Å². The van der Waals surface area contributed by atoms with Crippen LogP contribution in [-0.4, -0.2) is 43.8 Å². The van der Waals surface area contributed by atoms with E-state index in [2.05, 4.69) is 0 Å². The fourth-order valence-corrected chi connectivity index (χ4v) is 3.65. The fourth-order valence-electron chi connectivity index (χ4n) is 2.38. The van der Waals surface area contributed by atoms with Gasteiger partial charge in [0.15, 0.2) is 0 Å². The first-order valence-corrected chi connectivity index (χ1v) is 9.11. The van der Waals surface area contributed by atoms with Gasteiger partial charge in [0.2, 0.25) is 5.91 Å². The standard InChI is InChI=1S/C15H18ClNO3S/c1-21(19,20)13-8-10-17(11-9-13)15(18)7-6-12-4-2-3-5-14(12)16/h2-7,13H,8-11H2,1H3. The fraction of sp³-hybridized carbons (Fsp3) is 0.400. The van der Waals surface area contributed by atoms with E-state index in [0.717, 1.165) is 5.56 Å². The molecule has 1 aromatic carbocycles. The van der Waals surface area contributed by atoms with Gasteiger partial charge in [-0.15, -0.1) is 0 Å². The zero-order valence-electron chi connectivity index (χ0n) is 11.8. The number of likely N-dealkylation sites (tertiary alicyclic amines) is 1. The van der Waals surface area contributed by atoms with E-state index in [9.17, 15) is 13.2 Å². The van der Waals surface area contributed by atoms with Crippen LogP contribution in [0.1, 0.15) is 18.4 Å². The van der Waals surface area contributed by atoms with Crippen molar-refractivity contribution in [3.05, 3.63) is 40.9 Å². The van der Waals surface area contributed by atoms with E-state index in [-0.39, 0.29) is 11.2 Å². The Labute approximate surface area is 130 Å². The summed E-state index contributed by atoms with van der Waals surface area (Å²) in [5.41, 5.74) is 0.790. The monoisotopic (exact) mass is 327 g/mol. The molecule has 0 atom stereocenters. The maximum absolute atomic E-state index is 12.1. The molecule has 0 aliphatic carbocycles. The number of carbonyl (C=O) groups excluding carboxylic acids is 1. The van der Waals surface area contributed by atoms with Gasteiger partial charge in [-0.1, -0.05) is 29.8 Å². The molecule has 6 heteroatoms. The van der Waals surface area contributed by atoms with Crippen LogP contribution >= 0.6 is 11.6 Å². The zero-order valence-corrected chi connectivity index (χ0v) is 13.4. The van der Waals surface area contributed by atoms with Crippen molar-refractivity contribution >= 4 is 33.4 Å². The summed E-state index contributed by atoms with van der Waals surface area (Å²) in [7, 11) is -3.01. The smallest absolute Gasteiger partial charge is 0.246 e. The number of rotatable bonds is 3. The van der Waals surface area contributed by atoms with Crippen LogP contribution in [0.2, 0.25) is 5.02 Å². The van der Waals surface area contributed by atoms with Crippen LogP contribution in [-0.2, 0) is 14.6 Å². The first kappa shape index (κ1) is 16.0. The average Bonchev–Trinajstić information content (AvgIpc) is 2.45. The van der Waals surface area contributed by atoms with Gasteiger partial charge >= 0.3 is 0 Å². The lowest BCUT2D eigenvalue weighted by Gasteiger charge is -2.30. The summed E-state index contributed by atoms with van der Waals surface area (Å²) in [4.78, 5) is 13.8. The minimum absolute atomic E-state index is 0.109. The Morgan fingerprint density at radius 3 is 2.48 bits per heavy atom. The number of sulfone groups is 1. The van der Waals surface area contributed by atoms with Crippen LogP contribution in [0.4, 0.5) is 0 Å². The van der Waals surface area contributed by atoms with Gasteiger partial charge in [0, 0.05) is 30.4 Å². The molecule has 0 bridgehead atoms. The van der Waals surface area contributed by atoms with Crippen LogP contribution in [0.25, 0.3) is 6.08 Å². The lowest BCUT2D eigenvalue weighted by atomic mass is 10.1. The Bertz CT molecular complexity index is 647. The highest BCUT2D eigenvalue weighted by Crippen LogP contribution is 2.19. The van der Waals surface area contributed by atoms with E-state index < -0.39 is 9.84 Å². The van der Waals surface area contributed by atoms with E-state index in [4.69, 9.17) is 11.6 Å². The predicted octanol–water partition coefficient (Wildman–Crippen LogP) is 2.39. The van der Waals surface area contributed by atoms with Crippen molar-refractivity contribution in [1.82, 2.24) is 4.90 Å². The minimum atomic E-state index is -3.01. The molecular formula is C15H18ClNO3S. The lowest BCUT2D eigenvalue weighted by Crippen LogP contribution is -2.41. The molecule has 0 unspecified atom stereocenters. The molecule has 2 rings (SSSR count). The molecule has 1 aromatic rings. The number of nitrogens with zero attached hydrogens (tertiary/aromatic N) is 1. The van der Waals surface area contributed by atoms with Crippen molar-refractivity contribution < 1.29 is 13.2 Å². The van der Waals surface area contributed by atoms with Gasteiger partial charge in [-0.25, -0.2) is 8.42 Å². The van der Waals surface area contributed by atoms with Gasteiger partial charge in [0.05, 0.1) is 5.25 Å². The van der Waals surface area contributed by atoms with Gasteiger partial charge in [-0.2, -0.15) is 0 Å². The van der Waals surface area contributed by atoms with Crippen molar-refractivity contribution in [3.8, 4) is 0 Å². The topological polar surface area (TPSA) is 54.5 Å². The average molecular weight is 328 g/mol. The number of benzene rings is 1. The number of amides is 1. The van der Waals surface area contributed by atoms with Gasteiger partial charge in [0.1, 0.15) is 9.84 Å². The normalized spacial score (nSPS) is 17.3. The highest BCUT2D eigenvalue weighted by molar-refractivity contribution is 7.91. The summed E-state index contributed by atoms with van der Waals surface area (Å²) in [6.45, 7) is 0.951. The van der Waals surface area contributed by atoms with E-state index >= 15 is 0 Å². The Balaban J connectivity index is 1.95. The maximum Gasteiger partial charge on any atom is 0.246 e. The Morgan fingerprint density at radius 1 is 1.29 bits per heavy atom. The molecule has 1 aliphatic heterocycles. The largest absolute Gasteiger partial charge is 0.339 e. The summed E-state index contributed by atoms with van der Waals surface area (Å²) in [5.74, 6) is -0.109. The van der Waals surface area contributed by atoms with Gasteiger partial charge in [-0.05, 0) is 30.5 Å². The summed E-state index contributed by atoms with van der Waals surface area (Å²) < 4.78 is 23.0. The van der Waals surface area contributed by atoms with E-state index in [1.807, 2.05) is 18.2 Å². The molecule has 1 heterocycles. The minimum Gasteiger partial charge on any atom is -0.339 e. The molecule has 1 fully saturated rings. The Kier molecular flexibility index (Phi) is 5.06. The summed E-state index contributed by atoms with van der Waals surface area (Å²) in [5, 5.41) is 0.270. The van der Waals surface area contributed by atoms with Crippen molar-refractivity contribution in [2.45, 2.75) is 18.1 Å². The molecule has 4 nitrogen and oxygen atoms in total. The second-order valence-corrected chi connectivity index (χ2v) is 7.94. The first-order valence-electron chi connectivity index (χ1n) is 6.78. The second kappa shape index (κ2) is 6.62. The number of hydrogen-bond acceptors (Lipinski definition) is 3. The number of carbonyl (C=O) groups is 1. The number of piperidine rings is 1. The van der Waals surface area contributed by atoms with Crippen molar-refractivity contribution in [2.24, 2.45) is 0 Å². The molecule has 1 amide bonds. The van der Waals surface area contributed by atoms with Crippen LogP contribution in [0.5, 0.6) is 0 Å². The molecule has 0 aromatic heterocycles. The Hall–Kier alpha value is -1.33. The van der Waals surface area contributed by atoms with Crippen LogP contribution < -0.4 is 0 Å². The second-order valence-electron chi connectivity index (χ2n) is 5.21. The molecule has 0 spiro atoms. The quantitative estimate of drug-likeness (QED) is 0.801. The summed E-state index contributed by atoms with van der Waals surface area (Å²) >= 11 is 6.02. The summed E-state index contributed by atoms with van der Waals surface area (Å²) in [6, 6.07) is 7.29. The Morgan fingerprint density at radius 2 is 1.90 bits per heavy atom. The third kappa shape index (κ3) is 4.32. The predicted molar refractivity (Wildman–Crippen MR) is 84.9 cm³/mol. The van der Waals surface area contributed by atoms with Crippen LogP contribution in [0.3, 0.4) is 0 Å². The number of hydrogen-bond donors (Lipinski definition) is 0. The van der Waals surface area contributed by atoms with Crippen molar-refractivity contribution in [1.29, 1.82) is 0 Å². The van der Waals surface area contributed by atoms with Gasteiger partial charge in [-0.3, -0.25) is 4.79 Å². The van der Waals surface area contributed by atoms with Gasteiger partial charge in [0.25, 0.3) is 0 Å². The molecule has 1 saturated heterocycles. The van der Waals surface area contributed by atoms with Crippen LogP contribution in [0, 0.1) is 0 Å². The molecule has 1 aliphatic rings. The molecule has 114 valence electrons. The molecule has 21 heavy (non-hydrogen) atoms. The first-order chi connectivity index (χ1) is 9.88. The highest BCUT2D eigenvalue weighted by Gasteiger charge is 2.27. The van der Waals surface area contributed by atoms with E-state index in [1.165, 1.54) is 12.3 Å². The summed E-state index contributed by atoms with van der Waals surface area (Å²) in [6.07, 6.45) is 5.44. The molecular weight excluding hydrogens is 310 g/mol. The van der Waals surface area contributed by atoms with Crippen LogP contribution in [0.15, 0.2) is 30.3 Å². The molecule has 0 saturated carbocycles. The highest BCUT2D eigenvalue weighted by atomic mass is 35.5. The third-order valence-electron chi connectivity index (χ3n) is 3.67. The van der Waals surface area contributed by atoms with Crippen molar-refractivity contribution in [3.63, 3.8) is 0 Å². The molecule has 0 radical (unpaired) electrons. The van der Waals surface area contributed by atoms with Crippen molar-refractivity contribution in [2.75, 3.05) is 19.3 Å². The lowest BCUT2D eigenvalue weighted by molar-refractivity contribution is -0.126. The zero-order chi connectivity index (χ0) is 15.5.